The molecule has 1 heterocycles. The van der Waals surface area contributed by atoms with Gasteiger partial charge in [-0.15, -0.1) is 0 Å². The molecule has 0 aliphatic rings. The zero-order valence-corrected chi connectivity index (χ0v) is 6.41. The Kier molecular flexibility index (Phi) is 2.63. The van der Waals surface area contributed by atoms with Crippen LogP contribution in [0.5, 0.6) is 0 Å². The Bertz CT molecular complexity index is 255. The van der Waals surface area contributed by atoms with E-state index in [4.69, 9.17) is 5.84 Å². The molecule has 0 aliphatic carbocycles. The summed E-state index contributed by atoms with van der Waals surface area (Å²) in [4.78, 5) is 4.03. The van der Waals surface area contributed by atoms with Crippen LogP contribution in [0, 0.1) is 0 Å². The SMILES string of the molecule is C/C=C\c1cccnc1NN. The molecule has 3 nitrogen and oxygen atoms in total. The summed E-state index contributed by atoms with van der Waals surface area (Å²) < 4.78 is 0. The van der Waals surface area contributed by atoms with Crippen molar-refractivity contribution in [2.45, 2.75) is 6.92 Å². The molecule has 0 saturated carbocycles. The average molecular weight is 149 g/mol. The first kappa shape index (κ1) is 7.75. The number of hydrogen-bond acceptors (Lipinski definition) is 3. The van der Waals surface area contributed by atoms with E-state index in [1.807, 2.05) is 31.2 Å². The number of pyridine rings is 1. The number of rotatable bonds is 2. The van der Waals surface area contributed by atoms with E-state index in [-0.39, 0.29) is 0 Å². The van der Waals surface area contributed by atoms with Gasteiger partial charge in [0.2, 0.25) is 0 Å². The standard InChI is InChI=1S/C8H11N3/c1-2-4-7-5-3-6-10-8(7)11-9/h2-6H,9H2,1H3,(H,10,11)/b4-2-. The van der Waals surface area contributed by atoms with Crippen LogP contribution in [0.25, 0.3) is 6.08 Å². The van der Waals surface area contributed by atoms with Gasteiger partial charge in [-0.05, 0) is 19.1 Å². The Morgan fingerprint density at radius 3 is 3.09 bits per heavy atom. The Morgan fingerprint density at radius 2 is 2.45 bits per heavy atom. The molecule has 0 aliphatic heterocycles. The molecule has 11 heavy (non-hydrogen) atoms. The number of nitrogens with zero attached hydrogens (tertiary/aromatic N) is 1. The largest absolute Gasteiger partial charge is 0.308 e. The highest BCUT2D eigenvalue weighted by Crippen LogP contribution is 2.10. The second-order valence-electron chi connectivity index (χ2n) is 2.09. The maximum Gasteiger partial charge on any atom is 0.147 e. The Labute approximate surface area is 65.9 Å². The van der Waals surface area contributed by atoms with Crippen LogP contribution in [0.2, 0.25) is 0 Å². The Morgan fingerprint density at radius 1 is 1.64 bits per heavy atom. The lowest BCUT2D eigenvalue weighted by Crippen LogP contribution is -2.09. The van der Waals surface area contributed by atoms with E-state index in [9.17, 15) is 0 Å². The summed E-state index contributed by atoms with van der Waals surface area (Å²) in [6.45, 7) is 1.95. The molecule has 1 rings (SSSR count). The third-order valence-electron chi connectivity index (χ3n) is 1.32. The van der Waals surface area contributed by atoms with Gasteiger partial charge < -0.3 is 5.43 Å². The van der Waals surface area contributed by atoms with Gasteiger partial charge in [0.1, 0.15) is 5.82 Å². The van der Waals surface area contributed by atoms with Gasteiger partial charge in [-0.2, -0.15) is 0 Å². The smallest absolute Gasteiger partial charge is 0.147 e. The molecule has 0 bridgehead atoms. The van der Waals surface area contributed by atoms with E-state index in [2.05, 4.69) is 10.4 Å². The lowest BCUT2D eigenvalue weighted by molar-refractivity contribution is 1.22. The lowest BCUT2D eigenvalue weighted by atomic mass is 10.2. The average Bonchev–Trinajstić information content (AvgIpc) is 2.06. The number of allylic oxidation sites excluding steroid dienone is 1. The molecule has 0 unspecified atom stereocenters. The van der Waals surface area contributed by atoms with Crippen molar-refractivity contribution in [1.29, 1.82) is 0 Å². The molecule has 58 valence electrons. The number of hydrazine groups is 1. The minimum Gasteiger partial charge on any atom is -0.308 e. The van der Waals surface area contributed by atoms with Crippen molar-refractivity contribution in [1.82, 2.24) is 4.98 Å². The molecule has 3 N–H and O–H groups in total. The fourth-order valence-corrected chi connectivity index (χ4v) is 0.852. The Balaban J connectivity index is 3.02. The van der Waals surface area contributed by atoms with Gasteiger partial charge in [0.05, 0.1) is 0 Å². The van der Waals surface area contributed by atoms with Gasteiger partial charge in [-0.3, -0.25) is 0 Å². The highest BCUT2D eigenvalue weighted by atomic mass is 15.2. The second-order valence-corrected chi connectivity index (χ2v) is 2.09. The maximum absolute atomic E-state index is 5.23. The van der Waals surface area contributed by atoms with Crippen LogP contribution in [-0.2, 0) is 0 Å². The topological polar surface area (TPSA) is 50.9 Å². The Hall–Kier alpha value is -1.35. The van der Waals surface area contributed by atoms with E-state index >= 15 is 0 Å². The first-order valence-corrected chi connectivity index (χ1v) is 3.43. The predicted octanol–water partition coefficient (Wildman–Crippen LogP) is 1.40. The van der Waals surface area contributed by atoms with Crippen LogP contribution < -0.4 is 11.3 Å². The van der Waals surface area contributed by atoms with E-state index in [0.29, 0.717) is 5.82 Å². The highest BCUT2D eigenvalue weighted by molar-refractivity contribution is 5.61. The first-order chi connectivity index (χ1) is 5.38. The fourth-order valence-electron chi connectivity index (χ4n) is 0.852. The summed E-state index contributed by atoms with van der Waals surface area (Å²) in [5.41, 5.74) is 3.52. The minimum absolute atomic E-state index is 0.700. The molecule has 0 atom stereocenters. The number of nitrogen functional groups attached to an aromatic ring is 1. The second kappa shape index (κ2) is 3.73. The van der Waals surface area contributed by atoms with Gasteiger partial charge in [0.25, 0.3) is 0 Å². The van der Waals surface area contributed by atoms with E-state index in [1.54, 1.807) is 6.20 Å². The quantitative estimate of drug-likeness (QED) is 0.493. The van der Waals surface area contributed by atoms with Crippen molar-refractivity contribution >= 4 is 11.9 Å². The van der Waals surface area contributed by atoms with Gasteiger partial charge in [0, 0.05) is 11.8 Å². The van der Waals surface area contributed by atoms with Crippen molar-refractivity contribution in [3.05, 3.63) is 30.0 Å². The van der Waals surface area contributed by atoms with E-state index in [1.165, 1.54) is 0 Å². The third kappa shape index (κ3) is 1.78. The molecule has 0 aromatic carbocycles. The zero-order valence-electron chi connectivity index (χ0n) is 6.41. The summed E-state index contributed by atoms with van der Waals surface area (Å²) in [6, 6.07) is 3.82. The van der Waals surface area contributed by atoms with Crippen LogP contribution in [0.3, 0.4) is 0 Å². The van der Waals surface area contributed by atoms with Crippen LogP contribution in [-0.4, -0.2) is 4.98 Å². The van der Waals surface area contributed by atoms with Crippen LogP contribution in [0.15, 0.2) is 24.4 Å². The number of aromatic nitrogens is 1. The molecule has 0 amide bonds. The summed E-state index contributed by atoms with van der Waals surface area (Å²) in [5.74, 6) is 5.93. The van der Waals surface area contributed by atoms with E-state index < -0.39 is 0 Å². The molecule has 1 aromatic heterocycles. The molecular weight excluding hydrogens is 138 g/mol. The molecule has 0 radical (unpaired) electrons. The van der Waals surface area contributed by atoms with Crippen molar-refractivity contribution < 1.29 is 0 Å². The summed E-state index contributed by atoms with van der Waals surface area (Å²) in [5, 5.41) is 0. The number of anilines is 1. The number of nitrogens with one attached hydrogen (secondary N) is 1. The summed E-state index contributed by atoms with van der Waals surface area (Å²) in [6.07, 6.45) is 5.59. The predicted molar refractivity (Wildman–Crippen MR) is 46.8 cm³/mol. The maximum atomic E-state index is 5.23. The third-order valence-corrected chi connectivity index (χ3v) is 1.32. The van der Waals surface area contributed by atoms with Crippen molar-refractivity contribution in [3.8, 4) is 0 Å². The van der Waals surface area contributed by atoms with Crippen molar-refractivity contribution in [2.75, 3.05) is 5.43 Å². The molecule has 1 aromatic rings. The molecule has 0 saturated heterocycles. The van der Waals surface area contributed by atoms with Gasteiger partial charge in [0.15, 0.2) is 0 Å². The lowest BCUT2D eigenvalue weighted by Gasteiger charge is -2.01. The molecule has 3 heteroatoms. The fraction of sp³-hybridized carbons (Fsp3) is 0.125. The molecule has 0 fully saturated rings. The van der Waals surface area contributed by atoms with Gasteiger partial charge in [-0.25, -0.2) is 10.8 Å². The number of hydrogen-bond donors (Lipinski definition) is 2. The minimum atomic E-state index is 0.700. The van der Waals surface area contributed by atoms with Gasteiger partial charge in [-0.1, -0.05) is 12.2 Å². The zero-order chi connectivity index (χ0) is 8.10. The van der Waals surface area contributed by atoms with Crippen LogP contribution in [0.4, 0.5) is 5.82 Å². The summed E-state index contributed by atoms with van der Waals surface area (Å²) >= 11 is 0. The van der Waals surface area contributed by atoms with Crippen LogP contribution >= 0.6 is 0 Å². The molecule has 0 spiro atoms. The van der Waals surface area contributed by atoms with Gasteiger partial charge >= 0.3 is 0 Å². The van der Waals surface area contributed by atoms with Crippen molar-refractivity contribution in [3.63, 3.8) is 0 Å². The normalized spacial score (nSPS) is 10.4. The highest BCUT2D eigenvalue weighted by Gasteiger charge is 1.94. The monoisotopic (exact) mass is 149 g/mol. The van der Waals surface area contributed by atoms with Crippen molar-refractivity contribution in [2.24, 2.45) is 5.84 Å². The van der Waals surface area contributed by atoms with E-state index in [0.717, 1.165) is 5.56 Å². The van der Waals surface area contributed by atoms with Crippen LogP contribution in [0.1, 0.15) is 12.5 Å². The first-order valence-electron chi connectivity index (χ1n) is 3.43. The molecular formula is C8H11N3. The summed E-state index contributed by atoms with van der Waals surface area (Å²) in [7, 11) is 0. The number of nitrogens with two attached hydrogens (primary N) is 1.